The van der Waals surface area contributed by atoms with Crippen LogP contribution in [-0.4, -0.2) is 18.3 Å². The summed E-state index contributed by atoms with van der Waals surface area (Å²) in [5.74, 6) is 1.18. The summed E-state index contributed by atoms with van der Waals surface area (Å²) in [7, 11) is 1.59. The topological polar surface area (TPSA) is 55.7 Å². The second kappa shape index (κ2) is 9.08. The standard InChI is InChI=1S/C19H17Cl2N3O2S/c1-12-11-27-19(23-12)24-22-9-13-4-3-5-17(25-2)18(13)26-10-14-6-7-15(20)8-16(14)21/h3-9,11H,10H2,1-2H3,(H,23,24). The molecular formula is C19H17Cl2N3O2S. The van der Waals surface area contributed by atoms with E-state index in [1.807, 2.05) is 36.6 Å². The van der Waals surface area contributed by atoms with E-state index in [0.29, 0.717) is 21.5 Å². The van der Waals surface area contributed by atoms with E-state index in [1.165, 1.54) is 11.3 Å². The van der Waals surface area contributed by atoms with Crippen molar-refractivity contribution in [2.24, 2.45) is 5.10 Å². The minimum Gasteiger partial charge on any atom is -0.493 e. The van der Waals surface area contributed by atoms with E-state index in [9.17, 15) is 0 Å². The fraction of sp³-hybridized carbons (Fsp3) is 0.158. The molecule has 0 radical (unpaired) electrons. The molecule has 0 spiro atoms. The van der Waals surface area contributed by atoms with Crippen LogP contribution in [0.1, 0.15) is 16.8 Å². The molecule has 0 aliphatic carbocycles. The number of aromatic nitrogens is 1. The molecule has 0 amide bonds. The maximum atomic E-state index is 6.22. The number of nitrogens with one attached hydrogen (secondary N) is 1. The SMILES string of the molecule is COc1cccc(C=NNc2nc(C)cs2)c1OCc1ccc(Cl)cc1Cl. The van der Waals surface area contributed by atoms with Gasteiger partial charge in [0.2, 0.25) is 5.13 Å². The fourth-order valence-electron chi connectivity index (χ4n) is 2.30. The van der Waals surface area contributed by atoms with Crippen molar-refractivity contribution in [3.63, 3.8) is 0 Å². The minimum atomic E-state index is 0.274. The Morgan fingerprint density at radius 1 is 1.26 bits per heavy atom. The number of rotatable bonds is 7. The first kappa shape index (κ1) is 19.5. The molecule has 8 heteroatoms. The van der Waals surface area contributed by atoms with Crippen molar-refractivity contribution in [3.8, 4) is 11.5 Å². The molecular weight excluding hydrogens is 405 g/mol. The molecule has 27 heavy (non-hydrogen) atoms. The summed E-state index contributed by atoms with van der Waals surface area (Å²) in [5, 5.41) is 8.05. The lowest BCUT2D eigenvalue weighted by atomic mass is 10.2. The predicted octanol–water partition coefficient (Wildman–Crippen LogP) is 5.79. The zero-order valence-corrected chi connectivity index (χ0v) is 17.0. The van der Waals surface area contributed by atoms with Gasteiger partial charge < -0.3 is 9.47 Å². The number of benzene rings is 2. The summed E-state index contributed by atoms with van der Waals surface area (Å²) in [5.41, 5.74) is 5.45. The van der Waals surface area contributed by atoms with E-state index in [0.717, 1.165) is 22.0 Å². The third-order valence-electron chi connectivity index (χ3n) is 3.60. The molecule has 0 saturated heterocycles. The highest BCUT2D eigenvalue weighted by Crippen LogP contribution is 2.32. The Morgan fingerprint density at radius 2 is 2.11 bits per heavy atom. The molecule has 1 aromatic heterocycles. The van der Waals surface area contributed by atoms with Crippen LogP contribution < -0.4 is 14.9 Å². The third kappa shape index (κ3) is 5.13. The number of halogens is 2. The minimum absolute atomic E-state index is 0.274. The fourth-order valence-corrected chi connectivity index (χ4v) is 3.40. The van der Waals surface area contributed by atoms with Crippen molar-refractivity contribution in [3.05, 3.63) is 68.6 Å². The second-order valence-corrected chi connectivity index (χ2v) is 7.27. The Morgan fingerprint density at radius 3 is 2.81 bits per heavy atom. The number of aryl methyl sites for hydroxylation is 1. The van der Waals surface area contributed by atoms with E-state index >= 15 is 0 Å². The van der Waals surface area contributed by atoms with E-state index in [4.69, 9.17) is 32.7 Å². The molecule has 0 saturated carbocycles. The van der Waals surface area contributed by atoms with Gasteiger partial charge in [0.05, 0.1) is 19.0 Å². The van der Waals surface area contributed by atoms with Crippen LogP contribution in [0.2, 0.25) is 10.0 Å². The number of methoxy groups -OCH3 is 1. The van der Waals surface area contributed by atoms with Crippen LogP contribution in [0, 0.1) is 6.92 Å². The highest BCUT2D eigenvalue weighted by atomic mass is 35.5. The van der Waals surface area contributed by atoms with Crippen molar-refractivity contribution < 1.29 is 9.47 Å². The molecule has 5 nitrogen and oxygen atoms in total. The Balaban J connectivity index is 1.78. The van der Waals surface area contributed by atoms with Gasteiger partial charge in [-0.25, -0.2) is 4.98 Å². The van der Waals surface area contributed by atoms with Crippen molar-refractivity contribution in [1.29, 1.82) is 0 Å². The smallest absolute Gasteiger partial charge is 0.203 e. The molecule has 0 bridgehead atoms. The average Bonchev–Trinajstić information content (AvgIpc) is 3.06. The zero-order chi connectivity index (χ0) is 19.2. The van der Waals surface area contributed by atoms with Crippen molar-refractivity contribution in [1.82, 2.24) is 4.98 Å². The molecule has 0 fully saturated rings. The van der Waals surface area contributed by atoms with E-state index in [-0.39, 0.29) is 6.61 Å². The van der Waals surface area contributed by atoms with Crippen LogP contribution in [0.25, 0.3) is 0 Å². The maximum Gasteiger partial charge on any atom is 0.203 e. The van der Waals surface area contributed by atoms with E-state index in [2.05, 4.69) is 15.5 Å². The van der Waals surface area contributed by atoms with Gasteiger partial charge in [0.25, 0.3) is 0 Å². The van der Waals surface area contributed by atoms with Crippen LogP contribution in [-0.2, 0) is 6.61 Å². The summed E-state index contributed by atoms with van der Waals surface area (Å²) in [4.78, 5) is 4.30. The van der Waals surface area contributed by atoms with Crippen LogP contribution in [0.5, 0.6) is 11.5 Å². The lowest BCUT2D eigenvalue weighted by Gasteiger charge is -2.14. The van der Waals surface area contributed by atoms with Gasteiger partial charge in [0.15, 0.2) is 11.5 Å². The number of hydrogen-bond acceptors (Lipinski definition) is 6. The maximum absolute atomic E-state index is 6.22. The first-order valence-electron chi connectivity index (χ1n) is 8.01. The normalized spacial score (nSPS) is 11.0. The lowest BCUT2D eigenvalue weighted by molar-refractivity contribution is 0.284. The molecule has 3 aromatic rings. The first-order chi connectivity index (χ1) is 13.1. The monoisotopic (exact) mass is 421 g/mol. The van der Waals surface area contributed by atoms with Crippen molar-refractivity contribution >= 4 is 45.9 Å². The number of anilines is 1. The number of hydrazone groups is 1. The quantitative estimate of drug-likeness (QED) is 0.387. The van der Waals surface area contributed by atoms with E-state index in [1.54, 1.807) is 25.5 Å². The van der Waals surface area contributed by atoms with Gasteiger partial charge in [-0.2, -0.15) is 5.10 Å². The van der Waals surface area contributed by atoms with Crippen molar-refractivity contribution in [2.75, 3.05) is 12.5 Å². The lowest BCUT2D eigenvalue weighted by Crippen LogP contribution is -2.02. The van der Waals surface area contributed by atoms with Crippen LogP contribution in [0.4, 0.5) is 5.13 Å². The van der Waals surface area contributed by atoms with Gasteiger partial charge in [0, 0.05) is 26.6 Å². The molecule has 0 atom stereocenters. The highest BCUT2D eigenvalue weighted by molar-refractivity contribution is 7.13. The summed E-state index contributed by atoms with van der Waals surface area (Å²) < 4.78 is 11.4. The molecule has 3 rings (SSSR count). The first-order valence-corrected chi connectivity index (χ1v) is 9.65. The molecule has 140 valence electrons. The molecule has 0 aliphatic rings. The van der Waals surface area contributed by atoms with Gasteiger partial charge in [0.1, 0.15) is 6.61 Å². The van der Waals surface area contributed by atoms with Gasteiger partial charge in [-0.05, 0) is 31.2 Å². The average molecular weight is 422 g/mol. The Bertz CT molecular complexity index is 960. The summed E-state index contributed by atoms with van der Waals surface area (Å²) >= 11 is 13.7. The van der Waals surface area contributed by atoms with Gasteiger partial charge in [-0.1, -0.05) is 35.3 Å². The molecule has 1 N–H and O–H groups in total. The number of ether oxygens (including phenoxy) is 2. The van der Waals surface area contributed by atoms with Crippen molar-refractivity contribution in [2.45, 2.75) is 13.5 Å². The third-order valence-corrected chi connectivity index (χ3v) is 5.05. The molecule has 2 aromatic carbocycles. The number of thiazole rings is 1. The summed E-state index contributed by atoms with van der Waals surface area (Å²) in [6.45, 7) is 2.21. The summed E-state index contributed by atoms with van der Waals surface area (Å²) in [6, 6.07) is 10.9. The van der Waals surface area contributed by atoms with Crippen LogP contribution in [0.15, 0.2) is 46.9 Å². The van der Waals surface area contributed by atoms with E-state index < -0.39 is 0 Å². The van der Waals surface area contributed by atoms with Crippen LogP contribution >= 0.6 is 34.5 Å². The molecule has 1 heterocycles. The highest BCUT2D eigenvalue weighted by Gasteiger charge is 2.11. The largest absolute Gasteiger partial charge is 0.493 e. The van der Waals surface area contributed by atoms with Gasteiger partial charge in [-0.15, -0.1) is 11.3 Å². The number of para-hydroxylation sites is 1. The Hall–Kier alpha value is -2.28. The molecule has 0 unspecified atom stereocenters. The molecule has 0 aliphatic heterocycles. The van der Waals surface area contributed by atoms with Gasteiger partial charge >= 0.3 is 0 Å². The van der Waals surface area contributed by atoms with Crippen LogP contribution in [0.3, 0.4) is 0 Å². The van der Waals surface area contributed by atoms with Gasteiger partial charge in [-0.3, -0.25) is 5.43 Å². The Labute approximate surface area is 171 Å². The predicted molar refractivity (Wildman–Crippen MR) is 112 cm³/mol. The summed E-state index contributed by atoms with van der Waals surface area (Å²) in [6.07, 6.45) is 1.66. The Kier molecular flexibility index (Phi) is 6.55. The number of nitrogens with zero attached hydrogens (tertiary/aromatic N) is 2. The second-order valence-electron chi connectivity index (χ2n) is 5.57. The number of hydrogen-bond donors (Lipinski definition) is 1. The zero-order valence-electron chi connectivity index (χ0n) is 14.7.